The van der Waals surface area contributed by atoms with Gasteiger partial charge in [-0.05, 0) is 25.1 Å². The Bertz CT molecular complexity index is 914. The highest BCUT2D eigenvalue weighted by atomic mass is 32.2. The molecule has 0 N–H and O–H groups in total. The average molecular weight is 369 g/mol. The fourth-order valence-electron chi connectivity index (χ4n) is 2.94. The molecule has 1 saturated heterocycles. The molecule has 1 aromatic carbocycles. The molecule has 1 atom stereocenters. The molecule has 6 nitrogen and oxygen atoms in total. The highest BCUT2D eigenvalue weighted by Gasteiger charge is 2.22. The molecule has 0 aliphatic carbocycles. The van der Waals surface area contributed by atoms with Gasteiger partial charge in [-0.1, -0.05) is 30.0 Å². The number of amides is 1. The number of furan rings is 1. The lowest BCUT2D eigenvalue weighted by molar-refractivity contribution is -0.135. The summed E-state index contributed by atoms with van der Waals surface area (Å²) in [6.45, 7) is 3.87. The molecule has 1 aliphatic heterocycles. The number of rotatable bonds is 4. The largest absolute Gasteiger partial charge is 0.461 e. The monoisotopic (exact) mass is 369 g/mol. The smallest absolute Gasteiger partial charge is 0.233 e. The summed E-state index contributed by atoms with van der Waals surface area (Å²) in [7, 11) is 0. The Morgan fingerprint density at radius 3 is 2.96 bits per heavy atom. The molecule has 4 rings (SSSR count). The molecule has 3 heterocycles. The molecule has 3 aromatic rings. The van der Waals surface area contributed by atoms with E-state index in [1.54, 1.807) is 6.26 Å². The Hall–Kier alpha value is -2.38. The fraction of sp³-hybridized carbons (Fsp3) is 0.316. The van der Waals surface area contributed by atoms with Crippen LogP contribution in [-0.4, -0.2) is 52.3 Å². The summed E-state index contributed by atoms with van der Waals surface area (Å²) in [4.78, 5) is 23.6. The van der Waals surface area contributed by atoms with E-state index < -0.39 is 0 Å². The number of thioether (sulfide) groups is 1. The lowest BCUT2D eigenvalue weighted by atomic mass is 10.2. The van der Waals surface area contributed by atoms with Crippen molar-refractivity contribution < 1.29 is 13.9 Å². The van der Waals surface area contributed by atoms with E-state index in [1.165, 1.54) is 11.8 Å². The molecule has 0 radical (unpaired) electrons. The number of ether oxygens (including phenoxy) is 1. The first kappa shape index (κ1) is 17.1. The first-order valence-corrected chi connectivity index (χ1v) is 9.52. The van der Waals surface area contributed by atoms with E-state index in [2.05, 4.69) is 9.97 Å². The third kappa shape index (κ3) is 3.59. The van der Waals surface area contributed by atoms with Crippen molar-refractivity contribution in [2.75, 3.05) is 25.4 Å². The molecule has 0 saturated carbocycles. The van der Waals surface area contributed by atoms with Crippen LogP contribution in [-0.2, 0) is 9.53 Å². The second kappa shape index (κ2) is 7.47. The van der Waals surface area contributed by atoms with Crippen molar-refractivity contribution in [1.29, 1.82) is 0 Å². The maximum Gasteiger partial charge on any atom is 0.233 e. The molecule has 1 amide bonds. The van der Waals surface area contributed by atoms with E-state index >= 15 is 0 Å². The van der Waals surface area contributed by atoms with Crippen LogP contribution in [0, 0.1) is 0 Å². The van der Waals surface area contributed by atoms with Gasteiger partial charge >= 0.3 is 0 Å². The zero-order chi connectivity index (χ0) is 17.9. The average Bonchev–Trinajstić information content (AvgIpc) is 3.20. The number of para-hydroxylation sites is 1. The van der Waals surface area contributed by atoms with Crippen molar-refractivity contribution >= 4 is 28.6 Å². The molecule has 134 valence electrons. The summed E-state index contributed by atoms with van der Waals surface area (Å²) in [5.74, 6) is 1.59. The molecule has 2 aromatic heterocycles. The number of aromatic nitrogens is 2. The van der Waals surface area contributed by atoms with Crippen LogP contribution < -0.4 is 0 Å². The molecule has 7 heteroatoms. The number of benzene rings is 1. The predicted molar refractivity (Wildman–Crippen MR) is 100.0 cm³/mol. The molecule has 1 aliphatic rings. The van der Waals surface area contributed by atoms with Crippen LogP contribution in [0.25, 0.3) is 22.5 Å². The van der Waals surface area contributed by atoms with Gasteiger partial charge in [0.2, 0.25) is 5.91 Å². The van der Waals surface area contributed by atoms with Crippen molar-refractivity contribution in [2.24, 2.45) is 0 Å². The number of carbonyl (C=O) groups excluding carboxylic acids is 1. The van der Waals surface area contributed by atoms with Gasteiger partial charge < -0.3 is 14.1 Å². The number of carbonyl (C=O) groups is 1. The van der Waals surface area contributed by atoms with Crippen LogP contribution in [0.5, 0.6) is 0 Å². The van der Waals surface area contributed by atoms with Gasteiger partial charge in [-0.2, -0.15) is 0 Å². The van der Waals surface area contributed by atoms with Crippen molar-refractivity contribution in [3.63, 3.8) is 0 Å². The van der Waals surface area contributed by atoms with Gasteiger partial charge in [0.1, 0.15) is 5.03 Å². The molecule has 0 bridgehead atoms. The SMILES string of the molecule is CC1CN(C(=O)CSc2nc(-c3ccco3)nc3ccccc23)CCO1. The van der Waals surface area contributed by atoms with Crippen molar-refractivity contribution in [3.8, 4) is 11.6 Å². The lowest BCUT2D eigenvalue weighted by Crippen LogP contribution is -2.45. The second-order valence-corrected chi connectivity index (χ2v) is 7.12. The van der Waals surface area contributed by atoms with Crippen LogP contribution in [0.3, 0.4) is 0 Å². The molecular formula is C19H19N3O3S. The quantitative estimate of drug-likeness (QED) is 0.519. The van der Waals surface area contributed by atoms with Crippen LogP contribution in [0.2, 0.25) is 0 Å². The Morgan fingerprint density at radius 2 is 2.15 bits per heavy atom. The zero-order valence-corrected chi connectivity index (χ0v) is 15.2. The molecule has 0 spiro atoms. The lowest BCUT2D eigenvalue weighted by Gasteiger charge is -2.31. The Balaban J connectivity index is 1.58. The third-order valence-corrected chi connectivity index (χ3v) is 5.21. The summed E-state index contributed by atoms with van der Waals surface area (Å²) in [5, 5.41) is 1.73. The first-order valence-electron chi connectivity index (χ1n) is 8.53. The maximum absolute atomic E-state index is 12.6. The summed E-state index contributed by atoms with van der Waals surface area (Å²) >= 11 is 1.44. The normalized spacial score (nSPS) is 17.6. The number of fused-ring (bicyclic) bond motifs is 1. The van der Waals surface area contributed by atoms with Gasteiger partial charge in [0.15, 0.2) is 11.6 Å². The maximum atomic E-state index is 12.6. The van der Waals surface area contributed by atoms with Gasteiger partial charge in [-0.15, -0.1) is 0 Å². The Labute approximate surface area is 155 Å². The van der Waals surface area contributed by atoms with Crippen molar-refractivity contribution in [1.82, 2.24) is 14.9 Å². The van der Waals surface area contributed by atoms with Crippen molar-refractivity contribution in [2.45, 2.75) is 18.1 Å². The molecule has 1 fully saturated rings. The van der Waals surface area contributed by atoms with E-state index in [4.69, 9.17) is 9.15 Å². The number of nitrogens with zero attached hydrogens (tertiary/aromatic N) is 3. The van der Waals surface area contributed by atoms with Crippen LogP contribution in [0.4, 0.5) is 0 Å². The summed E-state index contributed by atoms with van der Waals surface area (Å²) in [6.07, 6.45) is 1.69. The van der Waals surface area contributed by atoms with Gasteiger partial charge in [0, 0.05) is 18.5 Å². The van der Waals surface area contributed by atoms with Crippen LogP contribution in [0.1, 0.15) is 6.92 Å². The predicted octanol–water partition coefficient (Wildman–Crippen LogP) is 3.23. The molecule has 26 heavy (non-hydrogen) atoms. The Morgan fingerprint density at radius 1 is 1.27 bits per heavy atom. The van der Waals surface area contributed by atoms with E-state index in [9.17, 15) is 4.79 Å². The van der Waals surface area contributed by atoms with E-state index in [0.717, 1.165) is 15.9 Å². The summed E-state index contributed by atoms with van der Waals surface area (Å²) < 4.78 is 10.9. The van der Waals surface area contributed by atoms with Gasteiger partial charge in [-0.25, -0.2) is 9.97 Å². The van der Waals surface area contributed by atoms with E-state index in [0.29, 0.717) is 37.0 Å². The Kier molecular flexibility index (Phi) is 4.90. The van der Waals surface area contributed by atoms with Gasteiger partial charge in [0.05, 0.1) is 30.2 Å². The van der Waals surface area contributed by atoms with Crippen molar-refractivity contribution in [3.05, 3.63) is 42.7 Å². The summed E-state index contributed by atoms with van der Waals surface area (Å²) in [5.41, 5.74) is 0.837. The minimum Gasteiger partial charge on any atom is -0.461 e. The van der Waals surface area contributed by atoms with Crippen LogP contribution >= 0.6 is 11.8 Å². The zero-order valence-electron chi connectivity index (χ0n) is 14.4. The second-order valence-electron chi connectivity index (χ2n) is 6.16. The molecule has 1 unspecified atom stereocenters. The third-order valence-electron chi connectivity index (χ3n) is 4.24. The highest BCUT2D eigenvalue weighted by molar-refractivity contribution is 8.00. The topological polar surface area (TPSA) is 68.5 Å². The number of hydrogen-bond acceptors (Lipinski definition) is 6. The number of morpholine rings is 1. The minimum absolute atomic E-state index is 0.0862. The van der Waals surface area contributed by atoms with Crippen LogP contribution in [0.15, 0.2) is 52.1 Å². The first-order chi connectivity index (χ1) is 12.7. The molecular weight excluding hydrogens is 350 g/mol. The van der Waals surface area contributed by atoms with E-state index in [1.807, 2.05) is 48.2 Å². The number of hydrogen-bond donors (Lipinski definition) is 0. The highest BCUT2D eigenvalue weighted by Crippen LogP contribution is 2.28. The fourth-order valence-corrected chi connectivity index (χ4v) is 3.86. The van der Waals surface area contributed by atoms with Gasteiger partial charge in [0.25, 0.3) is 0 Å². The minimum atomic E-state index is 0.0862. The standard InChI is InChI=1S/C19H19N3O3S/c1-13-11-22(8-10-24-13)17(23)12-26-19-14-5-2-3-6-15(14)20-18(21-19)16-7-4-9-25-16/h2-7,9,13H,8,10-12H2,1H3. The van der Waals surface area contributed by atoms with Gasteiger partial charge in [-0.3, -0.25) is 4.79 Å². The van der Waals surface area contributed by atoms with E-state index in [-0.39, 0.29) is 12.0 Å². The summed E-state index contributed by atoms with van der Waals surface area (Å²) in [6, 6.07) is 11.5.